The van der Waals surface area contributed by atoms with Gasteiger partial charge in [-0.15, -0.1) is 0 Å². The van der Waals surface area contributed by atoms with Gasteiger partial charge in [0.25, 0.3) is 11.6 Å². The summed E-state index contributed by atoms with van der Waals surface area (Å²) in [4.78, 5) is 38.5. The Bertz CT molecular complexity index is 1420. The molecular weight excluding hydrogens is 523 g/mol. The predicted molar refractivity (Wildman–Crippen MR) is 140 cm³/mol. The summed E-state index contributed by atoms with van der Waals surface area (Å²) in [6.45, 7) is 0. The lowest BCUT2D eigenvalue weighted by Gasteiger charge is -2.19. The Morgan fingerprint density at radius 2 is 1.72 bits per heavy atom. The maximum atomic E-state index is 13.5. The van der Waals surface area contributed by atoms with Gasteiger partial charge in [-0.3, -0.25) is 24.6 Å². The Labute approximate surface area is 220 Å². The maximum absolute atomic E-state index is 13.5. The number of rotatable bonds is 6. The van der Waals surface area contributed by atoms with E-state index in [0.717, 1.165) is 11.8 Å². The van der Waals surface area contributed by atoms with Crippen LogP contribution in [0.3, 0.4) is 0 Å². The Morgan fingerprint density at radius 1 is 1.08 bits per heavy atom. The highest BCUT2D eigenvalue weighted by atomic mass is 35.5. The molecule has 2 amide bonds. The normalized spacial score (nSPS) is 16.4. The molecule has 8 nitrogen and oxygen atoms in total. The third kappa shape index (κ3) is 5.52. The number of halogens is 2. The monoisotopic (exact) mass is 538 g/mol. The quantitative estimate of drug-likeness (QED) is 0.179. The highest BCUT2D eigenvalue weighted by Gasteiger charge is 2.41. The maximum Gasteiger partial charge on any atom is 0.269 e. The van der Waals surface area contributed by atoms with E-state index < -0.39 is 16.1 Å². The third-order valence-corrected chi connectivity index (χ3v) is 7.00. The molecule has 1 heterocycles. The minimum Gasteiger partial charge on any atom is -0.321 e. The molecule has 36 heavy (non-hydrogen) atoms. The average Bonchev–Trinajstić information content (AvgIpc) is 3.17. The molecule has 0 spiro atoms. The van der Waals surface area contributed by atoms with Crippen molar-refractivity contribution in [1.29, 1.82) is 5.26 Å². The number of thioether (sulfide) groups is 1. The van der Waals surface area contributed by atoms with Crippen LogP contribution in [0.5, 0.6) is 0 Å². The summed E-state index contributed by atoms with van der Waals surface area (Å²) in [5.74, 6) is -1.05. The Hall–Kier alpha value is -3.84. The summed E-state index contributed by atoms with van der Waals surface area (Å²) in [6, 6.07) is 20.7. The molecule has 3 aromatic carbocycles. The second-order valence-corrected chi connectivity index (χ2v) is 9.70. The lowest BCUT2D eigenvalue weighted by molar-refractivity contribution is -0.384. The fourth-order valence-corrected chi connectivity index (χ4v) is 5.11. The first-order valence-electron chi connectivity index (χ1n) is 10.5. The zero-order valence-electron chi connectivity index (χ0n) is 18.4. The van der Waals surface area contributed by atoms with Crippen molar-refractivity contribution >= 4 is 63.8 Å². The van der Waals surface area contributed by atoms with Crippen molar-refractivity contribution in [3.8, 4) is 6.07 Å². The number of hydrogen-bond acceptors (Lipinski definition) is 6. The van der Waals surface area contributed by atoms with Gasteiger partial charge in [-0.25, -0.2) is 0 Å². The number of nitro benzene ring substituents is 1. The summed E-state index contributed by atoms with van der Waals surface area (Å²) in [5, 5.41) is 24.1. The largest absolute Gasteiger partial charge is 0.321 e. The molecule has 3 aromatic rings. The van der Waals surface area contributed by atoms with E-state index in [1.54, 1.807) is 60.7 Å². The number of hydrogen-bond donors (Lipinski definition) is 1. The first kappa shape index (κ1) is 25.3. The number of benzene rings is 3. The second-order valence-electron chi connectivity index (χ2n) is 7.64. The van der Waals surface area contributed by atoms with Crippen molar-refractivity contribution in [2.75, 3.05) is 10.2 Å². The highest BCUT2D eigenvalue weighted by Crippen LogP contribution is 2.42. The van der Waals surface area contributed by atoms with Crippen molar-refractivity contribution in [1.82, 2.24) is 0 Å². The number of carbonyl (C=O) groups is 2. The number of amides is 2. The van der Waals surface area contributed by atoms with Gasteiger partial charge in [-0.05, 0) is 60.5 Å². The van der Waals surface area contributed by atoms with Crippen molar-refractivity contribution in [3.05, 3.63) is 109 Å². The van der Waals surface area contributed by atoms with Gasteiger partial charge in [0.05, 0.1) is 10.2 Å². The lowest BCUT2D eigenvalue weighted by atomic mass is 10.1. The SMILES string of the molecule is N#CC(C(=O)Nc1ccc(Cl)cc1)=C1SC(Cc2cccc([N+](=O)[O-])c2)C(=O)N1c1ccc(Cl)cc1. The van der Waals surface area contributed by atoms with Crippen LogP contribution in [0.15, 0.2) is 83.4 Å². The molecule has 1 aliphatic rings. The van der Waals surface area contributed by atoms with Gasteiger partial charge in [0.1, 0.15) is 16.7 Å². The van der Waals surface area contributed by atoms with Gasteiger partial charge >= 0.3 is 0 Å². The average molecular weight is 539 g/mol. The zero-order chi connectivity index (χ0) is 25.8. The molecule has 0 aromatic heterocycles. The lowest BCUT2D eigenvalue weighted by Crippen LogP contribution is -2.30. The van der Waals surface area contributed by atoms with Gasteiger partial charge in [0.2, 0.25) is 5.91 Å². The number of nitriles is 1. The van der Waals surface area contributed by atoms with Crippen LogP contribution in [0.1, 0.15) is 5.56 Å². The molecule has 0 bridgehead atoms. The molecule has 4 rings (SSSR count). The van der Waals surface area contributed by atoms with Crippen LogP contribution in [-0.2, 0) is 16.0 Å². The number of non-ortho nitro benzene ring substituents is 1. The molecule has 0 aliphatic carbocycles. The minimum absolute atomic E-state index is 0.0895. The van der Waals surface area contributed by atoms with E-state index in [9.17, 15) is 25.0 Å². The fourth-order valence-electron chi connectivity index (χ4n) is 3.55. The van der Waals surface area contributed by atoms with Gasteiger partial charge in [-0.2, -0.15) is 5.26 Å². The van der Waals surface area contributed by atoms with E-state index in [4.69, 9.17) is 23.2 Å². The number of nitro groups is 1. The van der Waals surface area contributed by atoms with E-state index in [1.165, 1.54) is 17.0 Å². The van der Waals surface area contributed by atoms with Crippen LogP contribution in [0, 0.1) is 21.4 Å². The Morgan fingerprint density at radius 3 is 2.33 bits per heavy atom. The van der Waals surface area contributed by atoms with Crippen LogP contribution in [-0.4, -0.2) is 22.0 Å². The summed E-state index contributed by atoms with van der Waals surface area (Å²) in [7, 11) is 0. The first-order valence-corrected chi connectivity index (χ1v) is 12.1. The van der Waals surface area contributed by atoms with Crippen molar-refractivity contribution in [2.45, 2.75) is 11.7 Å². The van der Waals surface area contributed by atoms with E-state index in [-0.39, 0.29) is 28.6 Å². The number of carbonyl (C=O) groups excluding carboxylic acids is 2. The highest BCUT2D eigenvalue weighted by molar-refractivity contribution is 8.05. The van der Waals surface area contributed by atoms with Gasteiger partial charge in [0, 0.05) is 33.6 Å². The number of anilines is 2. The molecule has 1 unspecified atom stereocenters. The topological polar surface area (TPSA) is 116 Å². The summed E-state index contributed by atoms with van der Waals surface area (Å²) in [6.07, 6.45) is 0.163. The predicted octanol–water partition coefficient (Wildman–Crippen LogP) is 5.97. The fraction of sp³-hybridized carbons (Fsp3) is 0.0800. The summed E-state index contributed by atoms with van der Waals surface area (Å²) < 4.78 is 0. The molecular formula is C25H16Cl2N4O4S. The molecule has 0 saturated carbocycles. The van der Waals surface area contributed by atoms with Crippen LogP contribution in [0.25, 0.3) is 0 Å². The van der Waals surface area contributed by atoms with Crippen molar-refractivity contribution < 1.29 is 14.5 Å². The third-order valence-electron chi connectivity index (χ3n) is 5.23. The molecule has 0 radical (unpaired) electrons. The minimum atomic E-state index is -0.718. The van der Waals surface area contributed by atoms with Gasteiger partial charge in [-0.1, -0.05) is 47.1 Å². The van der Waals surface area contributed by atoms with Gasteiger partial charge in [0.15, 0.2) is 0 Å². The van der Waals surface area contributed by atoms with E-state index in [0.29, 0.717) is 27.0 Å². The van der Waals surface area contributed by atoms with Crippen LogP contribution in [0.2, 0.25) is 10.0 Å². The number of nitrogens with one attached hydrogen (secondary N) is 1. The molecule has 180 valence electrons. The molecule has 1 atom stereocenters. The Balaban J connectivity index is 1.72. The van der Waals surface area contributed by atoms with Gasteiger partial charge < -0.3 is 5.32 Å². The van der Waals surface area contributed by atoms with Crippen molar-refractivity contribution in [3.63, 3.8) is 0 Å². The van der Waals surface area contributed by atoms with E-state index in [1.807, 2.05) is 6.07 Å². The smallest absolute Gasteiger partial charge is 0.269 e. The Kier molecular flexibility index (Phi) is 7.60. The molecule has 11 heteroatoms. The summed E-state index contributed by atoms with van der Waals surface area (Å²) in [5.41, 5.74) is 1.10. The molecule has 1 aliphatic heterocycles. The molecule has 1 N–H and O–H groups in total. The van der Waals surface area contributed by atoms with E-state index >= 15 is 0 Å². The van der Waals surface area contributed by atoms with Crippen molar-refractivity contribution in [2.24, 2.45) is 0 Å². The standard InChI is InChI=1S/C25H16Cl2N4O4S/c26-16-4-8-18(9-5-16)29-23(32)21(14-28)25-30(19-10-6-17(27)7-11-19)24(33)22(36-25)13-15-2-1-3-20(12-15)31(34)35/h1-12,22H,13H2,(H,29,32). The van der Waals surface area contributed by atoms with Crippen LogP contribution < -0.4 is 10.2 Å². The second kappa shape index (κ2) is 10.8. The van der Waals surface area contributed by atoms with Crippen LogP contribution in [0.4, 0.5) is 17.1 Å². The van der Waals surface area contributed by atoms with E-state index in [2.05, 4.69) is 5.32 Å². The zero-order valence-corrected chi connectivity index (χ0v) is 20.7. The van der Waals surface area contributed by atoms with Crippen LogP contribution >= 0.6 is 35.0 Å². The summed E-state index contributed by atoms with van der Waals surface area (Å²) >= 11 is 13.0. The number of nitrogens with zero attached hydrogens (tertiary/aromatic N) is 3. The molecule has 1 saturated heterocycles. The first-order chi connectivity index (χ1) is 17.3. The molecule has 1 fully saturated rings.